The van der Waals surface area contributed by atoms with Crippen molar-refractivity contribution in [3.63, 3.8) is 0 Å². The Morgan fingerprint density at radius 1 is 1.09 bits per heavy atom. The average molecular weight is 562 g/mol. The van der Waals surface area contributed by atoms with Gasteiger partial charge in [-0.15, -0.1) is 24.0 Å². The van der Waals surface area contributed by atoms with E-state index in [-0.39, 0.29) is 35.8 Å². The Bertz CT molecular complexity index is 955. The molecule has 1 fully saturated rings. The second-order valence-electron chi connectivity index (χ2n) is 9.12. The van der Waals surface area contributed by atoms with Gasteiger partial charge in [-0.3, -0.25) is 14.7 Å². The molecule has 2 aliphatic heterocycles. The molecule has 1 saturated heterocycles. The number of benzene rings is 2. The van der Waals surface area contributed by atoms with E-state index in [0.717, 1.165) is 24.1 Å². The number of hydrogen-bond acceptors (Lipinski definition) is 3. The van der Waals surface area contributed by atoms with Crippen LogP contribution < -0.4 is 16.0 Å². The van der Waals surface area contributed by atoms with E-state index in [4.69, 9.17) is 0 Å². The Labute approximate surface area is 214 Å². The van der Waals surface area contributed by atoms with Crippen LogP contribution in [0.1, 0.15) is 48.8 Å². The van der Waals surface area contributed by atoms with E-state index in [0.29, 0.717) is 19.5 Å². The topological polar surface area (TPSA) is 68.8 Å². The maximum absolute atomic E-state index is 12.1. The standard InChI is InChI=1S/C26H35N5O.HI/c1-19-10-12-31(13-11-19)18-21-7-5-6-20(14-21)16-28-26(27-2)29-17-22-15-25(32)30-24-9-4-3-8-23(22)24;/h3-9,14,19,22H,10-13,15-18H2,1-2H3,(H,30,32)(H2,27,28,29);1H. The second-order valence-corrected chi connectivity index (χ2v) is 9.12. The van der Waals surface area contributed by atoms with Gasteiger partial charge in [0, 0.05) is 44.7 Å². The van der Waals surface area contributed by atoms with Gasteiger partial charge in [0.2, 0.25) is 5.91 Å². The molecule has 4 rings (SSSR count). The summed E-state index contributed by atoms with van der Waals surface area (Å²) in [4.78, 5) is 19.0. The third kappa shape index (κ3) is 7.17. The van der Waals surface area contributed by atoms with Gasteiger partial charge < -0.3 is 16.0 Å². The summed E-state index contributed by atoms with van der Waals surface area (Å²) in [5.74, 6) is 1.81. The molecule has 1 atom stereocenters. The summed E-state index contributed by atoms with van der Waals surface area (Å²) in [6.07, 6.45) is 3.09. The van der Waals surface area contributed by atoms with Crippen molar-refractivity contribution in [1.29, 1.82) is 0 Å². The SMILES string of the molecule is CN=C(NCc1cccc(CN2CCC(C)CC2)c1)NCC1CC(=O)Nc2ccccc21.I. The number of halogens is 1. The van der Waals surface area contributed by atoms with Crippen LogP contribution in [0.15, 0.2) is 53.5 Å². The second kappa shape index (κ2) is 12.4. The number of carbonyl (C=O) groups excluding carboxylic acids is 1. The van der Waals surface area contributed by atoms with E-state index < -0.39 is 0 Å². The molecule has 0 saturated carbocycles. The molecule has 0 bridgehead atoms. The van der Waals surface area contributed by atoms with Crippen LogP contribution in [0, 0.1) is 5.92 Å². The van der Waals surface area contributed by atoms with Crippen LogP contribution in [0.3, 0.4) is 0 Å². The number of amides is 1. The lowest BCUT2D eigenvalue weighted by atomic mass is 9.90. The number of para-hydroxylation sites is 1. The van der Waals surface area contributed by atoms with Gasteiger partial charge in [-0.2, -0.15) is 0 Å². The summed E-state index contributed by atoms with van der Waals surface area (Å²) in [6, 6.07) is 16.8. The van der Waals surface area contributed by atoms with Gasteiger partial charge in [-0.1, -0.05) is 49.4 Å². The summed E-state index contributed by atoms with van der Waals surface area (Å²) < 4.78 is 0. The normalized spacial score (nSPS) is 19.3. The minimum atomic E-state index is 0. The molecule has 2 aliphatic rings. The highest BCUT2D eigenvalue weighted by atomic mass is 127. The zero-order valence-corrected chi connectivity index (χ0v) is 22.0. The number of guanidine groups is 1. The van der Waals surface area contributed by atoms with E-state index in [1.54, 1.807) is 7.05 Å². The monoisotopic (exact) mass is 561 g/mol. The number of aliphatic imine (C=N–C) groups is 1. The first kappa shape index (κ1) is 25.5. The minimum absolute atomic E-state index is 0. The number of likely N-dealkylation sites (tertiary alicyclic amines) is 1. The molecule has 2 heterocycles. The van der Waals surface area contributed by atoms with Gasteiger partial charge in [-0.25, -0.2) is 0 Å². The summed E-state index contributed by atoms with van der Waals surface area (Å²) >= 11 is 0. The lowest BCUT2D eigenvalue weighted by Crippen LogP contribution is -2.40. The zero-order chi connectivity index (χ0) is 22.3. The fourth-order valence-corrected chi connectivity index (χ4v) is 4.63. The van der Waals surface area contributed by atoms with Crippen LogP contribution in [0.4, 0.5) is 5.69 Å². The van der Waals surface area contributed by atoms with E-state index in [9.17, 15) is 4.79 Å². The molecule has 2 aromatic carbocycles. The highest BCUT2D eigenvalue weighted by molar-refractivity contribution is 14.0. The lowest BCUT2D eigenvalue weighted by Gasteiger charge is -2.30. The van der Waals surface area contributed by atoms with Gasteiger partial charge in [0.25, 0.3) is 0 Å². The molecule has 0 aromatic heterocycles. The molecule has 1 unspecified atom stereocenters. The van der Waals surface area contributed by atoms with E-state index >= 15 is 0 Å². The van der Waals surface area contributed by atoms with E-state index in [1.165, 1.54) is 42.6 Å². The number of carbonyl (C=O) groups is 1. The Kier molecular flexibility index (Phi) is 9.55. The van der Waals surface area contributed by atoms with Crippen molar-refractivity contribution >= 4 is 41.5 Å². The summed E-state index contributed by atoms with van der Waals surface area (Å²) in [7, 11) is 1.78. The van der Waals surface area contributed by atoms with Crippen molar-refractivity contribution in [3.8, 4) is 0 Å². The fourth-order valence-electron chi connectivity index (χ4n) is 4.63. The van der Waals surface area contributed by atoms with Gasteiger partial charge >= 0.3 is 0 Å². The molecule has 178 valence electrons. The number of rotatable bonds is 6. The van der Waals surface area contributed by atoms with Crippen molar-refractivity contribution in [2.45, 2.75) is 45.2 Å². The van der Waals surface area contributed by atoms with Crippen molar-refractivity contribution in [1.82, 2.24) is 15.5 Å². The number of fused-ring (bicyclic) bond motifs is 1. The van der Waals surface area contributed by atoms with Gasteiger partial charge in [0.1, 0.15) is 0 Å². The van der Waals surface area contributed by atoms with E-state index in [2.05, 4.69) is 63.1 Å². The first-order chi connectivity index (χ1) is 15.6. The van der Waals surface area contributed by atoms with Crippen molar-refractivity contribution < 1.29 is 4.79 Å². The number of hydrogen-bond donors (Lipinski definition) is 3. The lowest BCUT2D eigenvalue weighted by molar-refractivity contribution is -0.116. The maximum atomic E-state index is 12.1. The molecule has 2 aromatic rings. The quantitative estimate of drug-likeness (QED) is 0.279. The molecule has 0 spiro atoms. The molecule has 0 radical (unpaired) electrons. The summed E-state index contributed by atoms with van der Waals surface area (Å²) in [5, 5.41) is 9.79. The maximum Gasteiger partial charge on any atom is 0.225 e. The number of anilines is 1. The molecule has 33 heavy (non-hydrogen) atoms. The number of piperidine rings is 1. The zero-order valence-electron chi connectivity index (χ0n) is 19.6. The largest absolute Gasteiger partial charge is 0.356 e. The fraction of sp³-hybridized carbons (Fsp3) is 0.462. The van der Waals surface area contributed by atoms with Crippen LogP contribution in [0.25, 0.3) is 0 Å². The summed E-state index contributed by atoms with van der Waals surface area (Å²) in [6.45, 7) is 7.15. The molecular weight excluding hydrogens is 525 g/mol. The molecule has 7 heteroatoms. The average Bonchev–Trinajstić information content (AvgIpc) is 2.81. The Hall–Kier alpha value is -2.13. The van der Waals surface area contributed by atoms with Gasteiger partial charge in [-0.05, 0) is 54.6 Å². The Balaban J connectivity index is 0.00000306. The van der Waals surface area contributed by atoms with E-state index in [1.807, 2.05) is 18.2 Å². The Morgan fingerprint density at radius 2 is 1.85 bits per heavy atom. The third-order valence-corrected chi connectivity index (χ3v) is 6.58. The van der Waals surface area contributed by atoms with Gasteiger partial charge in [0.05, 0.1) is 0 Å². The minimum Gasteiger partial charge on any atom is -0.356 e. The molecule has 0 aliphatic carbocycles. The molecule has 6 nitrogen and oxygen atoms in total. The smallest absolute Gasteiger partial charge is 0.225 e. The number of nitrogens with one attached hydrogen (secondary N) is 3. The van der Waals surface area contributed by atoms with Crippen molar-refractivity contribution in [3.05, 3.63) is 65.2 Å². The Morgan fingerprint density at radius 3 is 2.64 bits per heavy atom. The predicted molar refractivity (Wildman–Crippen MR) is 146 cm³/mol. The highest BCUT2D eigenvalue weighted by Gasteiger charge is 2.24. The highest BCUT2D eigenvalue weighted by Crippen LogP contribution is 2.31. The first-order valence-corrected chi connectivity index (χ1v) is 11.7. The van der Waals surface area contributed by atoms with Crippen molar-refractivity contribution in [2.75, 3.05) is 32.0 Å². The van der Waals surface area contributed by atoms with Crippen LogP contribution in [0.5, 0.6) is 0 Å². The molecule has 1 amide bonds. The first-order valence-electron chi connectivity index (χ1n) is 11.7. The van der Waals surface area contributed by atoms with Crippen LogP contribution in [-0.4, -0.2) is 43.4 Å². The number of nitrogens with zero attached hydrogens (tertiary/aromatic N) is 2. The molecule has 3 N–H and O–H groups in total. The van der Waals surface area contributed by atoms with Crippen LogP contribution >= 0.6 is 24.0 Å². The third-order valence-electron chi connectivity index (χ3n) is 6.58. The molecular formula is C26H36IN5O. The van der Waals surface area contributed by atoms with Crippen LogP contribution in [-0.2, 0) is 17.9 Å². The van der Waals surface area contributed by atoms with Crippen molar-refractivity contribution in [2.24, 2.45) is 10.9 Å². The predicted octanol–water partition coefficient (Wildman–Crippen LogP) is 4.33. The van der Waals surface area contributed by atoms with Gasteiger partial charge in [0.15, 0.2) is 5.96 Å². The van der Waals surface area contributed by atoms with Crippen LogP contribution in [0.2, 0.25) is 0 Å². The summed E-state index contributed by atoms with van der Waals surface area (Å²) in [5.41, 5.74) is 4.71.